The highest BCUT2D eigenvalue weighted by Gasteiger charge is 2.24. The summed E-state index contributed by atoms with van der Waals surface area (Å²) in [5.41, 5.74) is 0. The van der Waals surface area contributed by atoms with Gasteiger partial charge in [0.25, 0.3) is 0 Å². The maximum absolute atomic E-state index is 11.7. The van der Waals surface area contributed by atoms with Crippen molar-refractivity contribution in [2.75, 3.05) is 18.8 Å². The van der Waals surface area contributed by atoms with E-state index in [4.69, 9.17) is 0 Å². The zero-order chi connectivity index (χ0) is 9.84. The number of amides is 1. The molecule has 1 aliphatic rings. The second-order valence-electron chi connectivity index (χ2n) is 3.34. The van der Waals surface area contributed by atoms with Crippen molar-refractivity contribution in [3.63, 3.8) is 0 Å². The zero-order valence-electron chi connectivity index (χ0n) is 8.12. The van der Waals surface area contributed by atoms with Gasteiger partial charge in [-0.3, -0.25) is 4.79 Å². The first-order valence-corrected chi connectivity index (χ1v) is 6.66. The number of carbonyl (C=O) groups is 1. The van der Waals surface area contributed by atoms with E-state index in [1.807, 2.05) is 23.6 Å². The average molecular weight is 266 g/mol. The van der Waals surface area contributed by atoms with Gasteiger partial charge in [0, 0.05) is 24.1 Å². The quantitative estimate of drug-likeness (QED) is 0.714. The van der Waals surface area contributed by atoms with E-state index in [9.17, 15) is 4.79 Å². The maximum Gasteiger partial charge on any atom is 0.236 e. The van der Waals surface area contributed by atoms with E-state index in [1.54, 1.807) is 0 Å². The summed E-state index contributed by atoms with van der Waals surface area (Å²) in [6.07, 6.45) is 0.872. The summed E-state index contributed by atoms with van der Waals surface area (Å²) in [5.74, 6) is 1.34. The van der Waals surface area contributed by atoms with Crippen LogP contribution in [0.5, 0.6) is 0 Å². The van der Waals surface area contributed by atoms with Gasteiger partial charge in [-0.05, 0) is 6.42 Å². The Bertz CT molecular complexity index is 188. The van der Waals surface area contributed by atoms with Crippen molar-refractivity contribution in [3.05, 3.63) is 0 Å². The second-order valence-corrected chi connectivity index (χ2v) is 5.99. The fraction of sp³-hybridized carbons (Fsp3) is 0.889. The van der Waals surface area contributed by atoms with E-state index in [1.165, 1.54) is 0 Å². The van der Waals surface area contributed by atoms with Gasteiger partial charge in [-0.15, -0.1) is 0 Å². The van der Waals surface area contributed by atoms with Crippen molar-refractivity contribution in [1.29, 1.82) is 0 Å². The third kappa shape index (κ3) is 3.17. The number of alkyl halides is 1. The maximum atomic E-state index is 11.7. The Hall–Kier alpha value is 0.300. The minimum absolute atomic E-state index is 0.0165. The number of rotatable bonds is 2. The molecule has 0 bridgehead atoms. The zero-order valence-corrected chi connectivity index (χ0v) is 10.5. The Morgan fingerprint density at radius 2 is 2.46 bits per heavy atom. The van der Waals surface area contributed by atoms with Gasteiger partial charge in [0.15, 0.2) is 0 Å². The van der Waals surface area contributed by atoms with Crippen LogP contribution in [-0.2, 0) is 4.79 Å². The average Bonchev–Trinajstić information content (AvgIpc) is 2.15. The second kappa shape index (κ2) is 5.25. The SMILES string of the molecule is CCC(Br)C(=O)N1CCSC(C)C1. The van der Waals surface area contributed by atoms with Crippen LogP contribution in [0.15, 0.2) is 0 Å². The molecule has 1 rings (SSSR count). The van der Waals surface area contributed by atoms with Gasteiger partial charge in [-0.25, -0.2) is 0 Å². The van der Waals surface area contributed by atoms with Crippen molar-refractivity contribution < 1.29 is 4.79 Å². The Morgan fingerprint density at radius 3 is 3.00 bits per heavy atom. The summed E-state index contributed by atoms with van der Waals surface area (Å²) in [6, 6.07) is 0. The van der Waals surface area contributed by atoms with Crippen LogP contribution in [0.25, 0.3) is 0 Å². The lowest BCUT2D eigenvalue weighted by Gasteiger charge is -2.31. The summed E-state index contributed by atoms with van der Waals surface area (Å²) in [4.78, 5) is 13.7. The highest BCUT2D eigenvalue weighted by Crippen LogP contribution is 2.20. The monoisotopic (exact) mass is 265 g/mol. The fourth-order valence-corrected chi connectivity index (χ4v) is 2.69. The number of carbonyl (C=O) groups excluding carboxylic acids is 1. The molecule has 1 amide bonds. The van der Waals surface area contributed by atoms with Crippen LogP contribution in [-0.4, -0.2) is 39.7 Å². The molecule has 2 nitrogen and oxygen atoms in total. The topological polar surface area (TPSA) is 20.3 Å². The van der Waals surface area contributed by atoms with Crippen LogP contribution >= 0.6 is 27.7 Å². The summed E-state index contributed by atoms with van der Waals surface area (Å²) >= 11 is 5.35. The summed E-state index contributed by atoms with van der Waals surface area (Å²) < 4.78 is 0. The van der Waals surface area contributed by atoms with Crippen molar-refractivity contribution in [2.24, 2.45) is 0 Å². The molecule has 2 unspecified atom stereocenters. The number of thioether (sulfide) groups is 1. The van der Waals surface area contributed by atoms with Crippen LogP contribution in [0.1, 0.15) is 20.3 Å². The molecule has 0 saturated carbocycles. The lowest BCUT2D eigenvalue weighted by atomic mass is 10.3. The van der Waals surface area contributed by atoms with Crippen molar-refractivity contribution in [2.45, 2.75) is 30.3 Å². The molecule has 2 atom stereocenters. The normalized spacial score (nSPS) is 25.8. The minimum atomic E-state index is 0.0165. The molecule has 0 aromatic rings. The van der Waals surface area contributed by atoms with Crippen LogP contribution in [0.2, 0.25) is 0 Å². The molecule has 0 radical (unpaired) electrons. The van der Waals surface area contributed by atoms with Crippen LogP contribution in [0, 0.1) is 0 Å². The molecule has 0 aliphatic carbocycles. The first-order chi connectivity index (χ1) is 6.15. The lowest BCUT2D eigenvalue weighted by molar-refractivity contribution is -0.130. The smallest absolute Gasteiger partial charge is 0.236 e. The van der Waals surface area contributed by atoms with Crippen LogP contribution in [0.4, 0.5) is 0 Å². The third-order valence-corrected chi connectivity index (χ3v) is 4.35. The standard InChI is InChI=1S/C9H16BrNOS/c1-3-8(10)9(12)11-4-5-13-7(2)6-11/h7-8H,3-6H2,1-2H3. The van der Waals surface area contributed by atoms with E-state index in [0.717, 1.165) is 25.3 Å². The molecule has 1 fully saturated rings. The van der Waals surface area contributed by atoms with E-state index in [2.05, 4.69) is 22.9 Å². The molecule has 0 spiro atoms. The Kier molecular flexibility index (Phi) is 4.59. The minimum Gasteiger partial charge on any atom is -0.340 e. The summed E-state index contributed by atoms with van der Waals surface area (Å²) in [6.45, 7) is 6.03. The molecule has 0 aromatic carbocycles. The van der Waals surface area contributed by atoms with Crippen molar-refractivity contribution in [1.82, 2.24) is 4.90 Å². The summed E-state index contributed by atoms with van der Waals surface area (Å²) in [5, 5.41) is 0.592. The predicted molar refractivity (Wildman–Crippen MR) is 61.5 cm³/mol. The Labute approximate surface area is 92.6 Å². The fourth-order valence-electron chi connectivity index (χ4n) is 1.39. The molecule has 76 valence electrons. The molecular weight excluding hydrogens is 250 g/mol. The first-order valence-electron chi connectivity index (χ1n) is 4.69. The molecule has 0 N–H and O–H groups in total. The van der Waals surface area contributed by atoms with Gasteiger partial charge in [-0.1, -0.05) is 29.8 Å². The third-order valence-electron chi connectivity index (χ3n) is 2.18. The molecular formula is C9H16BrNOS. The van der Waals surface area contributed by atoms with Gasteiger partial charge in [0.05, 0.1) is 4.83 Å². The van der Waals surface area contributed by atoms with Crippen LogP contribution in [0.3, 0.4) is 0 Å². The molecule has 0 aromatic heterocycles. The van der Waals surface area contributed by atoms with Gasteiger partial charge < -0.3 is 4.90 Å². The molecule has 1 aliphatic heterocycles. The van der Waals surface area contributed by atoms with Crippen LogP contribution < -0.4 is 0 Å². The van der Waals surface area contributed by atoms with Crippen molar-refractivity contribution >= 4 is 33.6 Å². The molecule has 4 heteroatoms. The largest absolute Gasteiger partial charge is 0.340 e. The first kappa shape index (κ1) is 11.4. The van der Waals surface area contributed by atoms with E-state index >= 15 is 0 Å². The lowest BCUT2D eigenvalue weighted by Crippen LogP contribution is -2.44. The van der Waals surface area contributed by atoms with Crippen molar-refractivity contribution in [3.8, 4) is 0 Å². The number of hydrogen-bond donors (Lipinski definition) is 0. The van der Waals surface area contributed by atoms with E-state index in [0.29, 0.717) is 5.25 Å². The molecule has 1 heterocycles. The van der Waals surface area contributed by atoms with E-state index in [-0.39, 0.29) is 10.7 Å². The Balaban J connectivity index is 2.46. The molecule has 1 saturated heterocycles. The van der Waals surface area contributed by atoms with Gasteiger partial charge in [0.1, 0.15) is 0 Å². The highest BCUT2D eigenvalue weighted by molar-refractivity contribution is 9.10. The highest BCUT2D eigenvalue weighted by atomic mass is 79.9. The predicted octanol–water partition coefficient (Wildman–Crippen LogP) is 2.12. The van der Waals surface area contributed by atoms with Gasteiger partial charge in [0.2, 0.25) is 5.91 Å². The number of halogens is 1. The molecule has 13 heavy (non-hydrogen) atoms. The van der Waals surface area contributed by atoms with E-state index < -0.39 is 0 Å². The number of hydrogen-bond acceptors (Lipinski definition) is 2. The van der Waals surface area contributed by atoms with Gasteiger partial charge in [-0.2, -0.15) is 11.8 Å². The number of nitrogens with zero attached hydrogens (tertiary/aromatic N) is 1. The van der Waals surface area contributed by atoms with Gasteiger partial charge >= 0.3 is 0 Å². The summed E-state index contributed by atoms with van der Waals surface area (Å²) in [7, 11) is 0. The Morgan fingerprint density at radius 1 is 1.77 bits per heavy atom.